The van der Waals surface area contributed by atoms with Crippen LogP contribution in [-0.2, 0) is 22.6 Å². The molecular formula is C34H40FN5O6. The number of anilines is 3. The topological polar surface area (TPSA) is 114 Å². The number of carbonyl (C=O) groups excluding carboxylic acids is 2. The van der Waals surface area contributed by atoms with Crippen molar-refractivity contribution in [2.24, 2.45) is 0 Å². The van der Waals surface area contributed by atoms with E-state index < -0.39 is 5.82 Å². The Hall–Kier alpha value is -4.84. The van der Waals surface area contributed by atoms with Gasteiger partial charge in [0, 0.05) is 55.7 Å². The van der Waals surface area contributed by atoms with Crippen molar-refractivity contribution in [3.05, 3.63) is 77.6 Å². The molecule has 46 heavy (non-hydrogen) atoms. The molecule has 0 aliphatic carbocycles. The zero-order chi connectivity index (χ0) is 32.6. The highest BCUT2D eigenvalue weighted by Gasteiger charge is 2.36. The summed E-state index contributed by atoms with van der Waals surface area (Å²) in [6.07, 6.45) is 3.42. The van der Waals surface area contributed by atoms with E-state index in [0.29, 0.717) is 55.7 Å². The number of fused-ring (bicyclic) bond motifs is 1. The van der Waals surface area contributed by atoms with Gasteiger partial charge in [0.25, 0.3) is 5.91 Å². The minimum absolute atomic E-state index is 0.0552. The van der Waals surface area contributed by atoms with Crippen molar-refractivity contribution in [1.82, 2.24) is 14.8 Å². The molecule has 3 aromatic rings. The van der Waals surface area contributed by atoms with Gasteiger partial charge < -0.3 is 39.4 Å². The summed E-state index contributed by atoms with van der Waals surface area (Å²) in [4.78, 5) is 34.0. The maximum Gasteiger partial charge on any atom is 0.258 e. The van der Waals surface area contributed by atoms with Crippen LogP contribution in [0.4, 0.5) is 21.7 Å². The molecule has 2 aliphatic heterocycles. The summed E-state index contributed by atoms with van der Waals surface area (Å²) in [5.74, 6) is 1.13. The summed E-state index contributed by atoms with van der Waals surface area (Å²) < 4.78 is 37.8. The first-order valence-electron chi connectivity index (χ1n) is 15.2. The average molecular weight is 634 g/mol. The molecule has 0 radical (unpaired) electrons. The Morgan fingerprint density at radius 1 is 1.04 bits per heavy atom. The van der Waals surface area contributed by atoms with Crippen LogP contribution in [0.15, 0.2) is 55.1 Å². The number of halogens is 1. The zero-order valence-corrected chi connectivity index (χ0v) is 26.4. The molecule has 1 unspecified atom stereocenters. The summed E-state index contributed by atoms with van der Waals surface area (Å²) in [6.45, 7) is 5.85. The van der Waals surface area contributed by atoms with E-state index in [1.54, 1.807) is 55.4 Å². The normalized spacial score (nSPS) is 16.0. The maximum atomic E-state index is 16.3. The molecule has 1 fully saturated rings. The molecule has 2 amide bonds. The molecule has 5 rings (SSSR count). The largest absolute Gasteiger partial charge is 0.497 e. The van der Waals surface area contributed by atoms with Crippen LogP contribution in [0.3, 0.4) is 0 Å². The summed E-state index contributed by atoms with van der Waals surface area (Å²) >= 11 is 0. The Morgan fingerprint density at radius 2 is 1.83 bits per heavy atom. The highest BCUT2D eigenvalue weighted by Crippen LogP contribution is 2.37. The van der Waals surface area contributed by atoms with Crippen LogP contribution in [0.1, 0.15) is 40.7 Å². The van der Waals surface area contributed by atoms with E-state index in [1.807, 2.05) is 18.2 Å². The third kappa shape index (κ3) is 7.34. The summed E-state index contributed by atoms with van der Waals surface area (Å²) in [5.41, 5.74) is 1.85. The predicted octanol–water partition coefficient (Wildman–Crippen LogP) is 5.14. The Balaban J connectivity index is 1.44. The van der Waals surface area contributed by atoms with Crippen LogP contribution in [0.5, 0.6) is 17.2 Å². The molecule has 0 saturated carbocycles. The number of pyridine rings is 1. The van der Waals surface area contributed by atoms with E-state index in [-0.39, 0.29) is 53.7 Å². The summed E-state index contributed by atoms with van der Waals surface area (Å²) in [5, 5.41) is 6.53. The Labute approximate surface area is 268 Å². The third-order valence-corrected chi connectivity index (χ3v) is 8.17. The van der Waals surface area contributed by atoms with Gasteiger partial charge in [0.1, 0.15) is 29.7 Å². The van der Waals surface area contributed by atoms with E-state index in [2.05, 4.69) is 22.2 Å². The van der Waals surface area contributed by atoms with Gasteiger partial charge in [-0.1, -0.05) is 6.58 Å². The lowest BCUT2D eigenvalue weighted by Crippen LogP contribution is -2.31. The molecule has 244 valence electrons. The second-order valence-corrected chi connectivity index (χ2v) is 11.1. The summed E-state index contributed by atoms with van der Waals surface area (Å²) in [7, 11) is 4.73. The number of hydrogen-bond donors (Lipinski definition) is 2. The lowest BCUT2D eigenvalue weighted by molar-refractivity contribution is -0.125. The molecule has 3 heterocycles. The molecule has 1 atom stereocenters. The van der Waals surface area contributed by atoms with Crippen LogP contribution in [0, 0.1) is 5.82 Å². The number of likely N-dealkylation sites (tertiary alicyclic amines) is 1. The SMILES string of the molecule is C=CC(=O)N1CCCC(Nc2nc(Nc3ccc(OCCOC)cc3)c3c(c2F)CN(Cc2ccc(OC)cc2OC)C3=O)CC1. The van der Waals surface area contributed by atoms with Crippen molar-refractivity contribution in [3.8, 4) is 17.2 Å². The number of nitrogens with one attached hydrogen (secondary N) is 2. The number of carbonyl (C=O) groups is 2. The number of rotatable bonds is 13. The number of amides is 2. The fourth-order valence-corrected chi connectivity index (χ4v) is 5.71. The lowest BCUT2D eigenvalue weighted by Gasteiger charge is -2.21. The first-order chi connectivity index (χ1) is 22.3. The first kappa shape index (κ1) is 32.6. The minimum Gasteiger partial charge on any atom is -0.497 e. The van der Waals surface area contributed by atoms with Crippen LogP contribution in [0.2, 0.25) is 0 Å². The van der Waals surface area contributed by atoms with E-state index >= 15 is 4.39 Å². The van der Waals surface area contributed by atoms with Gasteiger partial charge in [-0.25, -0.2) is 9.37 Å². The number of methoxy groups -OCH3 is 3. The smallest absolute Gasteiger partial charge is 0.258 e. The second-order valence-electron chi connectivity index (χ2n) is 11.1. The molecule has 0 spiro atoms. The number of ether oxygens (including phenoxy) is 4. The average Bonchev–Trinajstić information content (AvgIpc) is 3.23. The number of hydrogen-bond acceptors (Lipinski definition) is 9. The third-order valence-electron chi connectivity index (χ3n) is 8.17. The van der Waals surface area contributed by atoms with E-state index in [0.717, 1.165) is 18.4 Å². The van der Waals surface area contributed by atoms with Gasteiger partial charge in [-0.2, -0.15) is 0 Å². The number of aromatic nitrogens is 1. The van der Waals surface area contributed by atoms with Gasteiger partial charge in [0.15, 0.2) is 11.6 Å². The second kappa shape index (κ2) is 15.0. The highest BCUT2D eigenvalue weighted by atomic mass is 19.1. The van der Waals surface area contributed by atoms with Crippen molar-refractivity contribution in [2.75, 3.05) is 58.3 Å². The Kier molecular flexibility index (Phi) is 10.6. The molecule has 1 saturated heterocycles. The van der Waals surface area contributed by atoms with Gasteiger partial charge in [-0.05, 0) is 61.7 Å². The van der Waals surface area contributed by atoms with E-state index in [1.165, 1.54) is 6.08 Å². The predicted molar refractivity (Wildman–Crippen MR) is 172 cm³/mol. The first-order valence-corrected chi connectivity index (χ1v) is 15.2. The van der Waals surface area contributed by atoms with Crippen molar-refractivity contribution in [3.63, 3.8) is 0 Å². The quantitative estimate of drug-likeness (QED) is 0.195. The Bertz CT molecular complexity index is 1570. The molecular weight excluding hydrogens is 593 g/mol. The molecule has 2 aliphatic rings. The maximum absolute atomic E-state index is 16.3. The van der Waals surface area contributed by atoms with Gasteiger partial charge in [-0.15, -0.1) is 0 Å². The highest BCUT2D eigenvalue weighted by molar-refractivity contribution is 6.03. The standard InChI is InChI=1S/C34H40FN5O6/c1-5-29(41)39-15-6-7-23(14-16-39)37-33-31(35)27-21-40(20-22-8-11-26(44-3)19-28(22)45-4)34(42)30(27)32(38-33)36-24-9-12-25(13-10-24)46-18-17-43-2/h5,8-13,19,23H,1,6-7,14-18,20-21H2,2-4H3,(H2,36,37,38). The number of benzene rings is 2. The van der Waals surface area contributed by atoms with Gasteiger partial charge >= 0.3 is 0 Å². The van der Waals surface area contributed by atoms with Gasteiger partial charge in [0.05, 0.1) is 32.9 Å². The molecule has 12 heteroatoms. The van der Waals surface area contributed by atoms with Crippen LogP contribution in [-0.4, -0.2) is 80.3 Å². The van der Waals surface area contributed by atoms with E-state index in [9.17, 15) is 9.59 Å². The minimum atomic E-state index is -0.566. The monoisotopic (exact) mass is 633 g/mol. The number of nitrogens with zero attached hydrogens (tertiary/aromatic N) is 3. The van der Waals surface area contributed by atoms with Crippen molar-refractivity contribution in [1.29, 1.82) is 0 Å². The van der Waals surface area contributed by atoms with Gasteiger partial charge in [0.2, 0.25) is 5.91 Å². The fraction of sp³-hybridized carbons (Fsp3) is 0.382. The molecule has 2 N–H and O–H groups in total. The fourth-order valence-electron chi connectivity index (χ4n) is 5.71. The molecule has 11 nitrogen and oxygen atoms in total. The van der Waals surface area contributed by atoms with Crippen LogP contribution < -0.4 is 24.8 Å². The molecule has 1 aromatic heterocycles. The zero-order valence-electron chi connectivity index (χ0n) is 26.4. The lowest BCUT2D eigenvalue weighted by atomic mass is 10.1. The van der Waals surface area contributed by atoms with Crippen molar-refractivity contribution >= 4 is 29.1 Å². The van der Waals surface area contributed by atoms with Gasteiger partial charge in [-0.3, -0.25) is 9.59 Å². The molecule has 2 aromatic carbocycles. The Morgan fingerprint density at radius 3 is 2.54 bits per heavy atom. The van der Waals surface area contributed by atoms with Crippen molar-refractivity contribution < 1.29 is 32.9 Å². The summed E-state index contributed by atoms with van der Waals surface area (Å²) in [6, 6.07) is 12.5. The van der Waals surface area contributed by atoms with Crippen LogP contribution >= 0.6 is 0 Å². The van der Waals surface area contributed by atoms with Crippen molar-refractivity contribution in [2.45, 2.75) is 38.4 Å². The van der Waals surface area contributed by atoms with E-state index in [4.69, 9.17) is 18.9 Å². The molecule has 0 bridgehead atoms. The van der Waals surface area contributed by atoms with Crippen LogP contribution in [0.25, 0.3) is 0 Å².